The predicted molar refractivity (Wildman–Crippen MR) is 114 cm³/mol. The largest absolute Gasteiger partial charge is 0.493 e. The molecule has 1 aliphatic heterocycles. The van der Waals surface area contributed by atoms with E-state index in [1.165, 1.54) is 0 Å². The molecule has 1 aromatic carbocycles. The fraction of sp³-hybridized carbons (Fsp3) is 0.652. The van der Waals surface area contributed by atoms with E-state index >= 15 is 0 Å². The lowest BCUT2D eigenvalue weighted by Crippen LogP contribution is -2.46. The van der Waals surface area contributed by atoms with Crippen LogP contribution in [0.25, 0.3) is 0 Å². The maximum atomic E-state index is 12.5. The van der Waals surface area contributed by atoms with Gasteiger partial charge in [0.25, 0.3) is 0 Å². The molecule has 1 saturated carbocycles. The zero-order valence-electron chi connectivity index (χ0n) is 18.1. The number of rotatable bonds is 9. The number of methoxy groups -OCH3 is 2. The molecule has 2 amide bonds. The van der Waals surface area contributed by atoms with Crippen molar-refractivity contribution in [2.45, 2.75) is 75.3 Å². The summed E-state index contributed by atoms with van der Waals surface area (Å²) in [5, 5.41) is 16.6. The summed E-state index contributed by atoms with van der Waals surface area (Å²) >= 11 is 0. The second-order valence-electron chi connectivity index (χ2n) is 8.76. The minimum atomic E-state index is -0.771. The minimum Gasteiger partial charge on any atom is -0.493 e. The van der Waals surface area contributed by atoms with Gasteiger partial charge in [-0.15, -0.1) is 0 Å². The number of aliphatic hydroxyl groups is 1. The van der Waals surface area contributed by atoms with Crippen molar-refractivity contribution in [2.75, 3.05) is 20.8 Å². The van der Waals surface area contributed by atoms with Crippen LogP contribution in [0.2, 0.25) is 0 Å². The molecule has 0 bridgehead atoms. The summed E-state index contributed by atoms with van der Waals surface area (Å²) in [4.78, 5) is 24.5. The molecular weight excluding hydrogens is 384 g/mol. The van der Waals surface area contributed by atoms with E-state index in [2.05, 4.69) is 10.6 Å². The van der Waals surface area contributed by atoms with Crippen LogP contribution in [-0.2, 0) is 16.0 Å². The molecule has 1 heterocycles. The topological polar surface area (TPSA) is 96.9 Å². The van der Waals surface area contributed by atoms with Gasteiger partial charge in [-0.05, 0) is 49.8 Å². The van der Waals surface area contributed by atoms with Crippen molar-refractivity contribution in [1.29, 1.82) is 0 Å². The first-order valence-electron chi connectivity index (χ1n) is 10.9. The van der Waals surface area contributed by atoms with Crippen LogP contribution in [0.15, 0.2) is 18.2 Å². The van der Waals surface area contributed by atoms with Gasteiger partial charge in [-0.25, -0.2) is 0 Å². The zero-order valence-corrected chi connectivity index (χ0v) is 18.1. The van der Waals surface area contributed by atoms with E-state index in [0.717, 1.165) is 37.7 Å². The van der Waals surface area contributed by atoms with Crippen LogP contribution in [0.3, 0.4) is 0 Å². The van der Waals surface area contributed by atoms with Crippen molar-refractivity contribution in [2.24, 2.45) is 0 Å². The molecule has 0 radical (unpaired) electrons. The molecule has 1 saturated heterocycles. The Morgan fingerprint density at radius 1 is 1.13 bits per heavy atom. The smallest absolute Gasteiger partial charge is 0.220 e. The first-order chi connectivity index (χ1) is 14.4. The maximum absolute atomic E-state index is 12.5. The molecule has 0 aromatic heterocycles. The summed E-state index contributed by atoms with van der Waals surface area (Å²) < 4.78 is 10.7. The SMILES string of the molecule is COc1ccc(CC2(CCC(=O)NCC3(O)CCCCC3)CCC(=O)N2)cc1OC. The minimum absolute atomic E-state index is 0.0207. The average molecular weight is 419 g/mol. The Bertz CT molecular complexity index is 760. The molecule has 166 valence electrons. The van der Waals surface area contributed by atoms with Crippen LogP contribution in [0.4, 0.5) is 0 Å². The highest BCUT2D eigenvalue weighted by Crippen LogP contribution is 2.33. The average Bonchev–Trinajstić information content (AvgIpc) is 3.12. The Morgan fingerprint density at radius 3 is 2.50 bits per heavy atom. The van der Waals surface area contributed by atoms with Crippen LogP contribution in [-0.4, -0.2) is 48.8 Å². The molecule has 1 aromatic rings. The Hall–Kier alpha value is -2.28. The lowest BCUT2D eigenvalue weighted by molar-refractivity contribution is -0.124. The molecule has 30 heavy (non-hydrogen) atoms. The van der Waals surface area contributed by atoms with Gasteiger partial charge < -0.3 is 25.2 Å². The van der Waals surface area contributed by atoms with Gasteiger partial charge in [0, 0.05) is 24.9 Å². The number of carbonyl (C=O) groups is 2. The van der Waals surface area contributed by atoms with Gasteiger partial charge in [0.05, 0.1) is 19.8 Å². The summed E-state index contributed by atoms with van der Waals surface area (Å²) in [6.45, 7) is 0.306. The van der Waals surface area contributed by atoms with E-state index in [4.69, 9.17) is 9.47 Å². The van der Waals surface area contributed by atoms with Gasteiger partial charge in [-0.1, -0.05) is 25.3 Å². The van der Waals surface area contributed by atoms with Crippen molar-refractivity contribution in [1.82, 2.24) is 10.6 Å². The standard InChI is InChI=1S/C23H34N2O5/c1-29-18-7-6-17(14-19(18)30-2)15-22(13-9-21(27)25-22)12-8-20(26)24-16-23(28)10-4-3-5-11-23/h6-7,14,28H,3-5,8-13,15-16H2,1-2H3,(H,24,26)(H,25,27). The Kier molecular flexibility index (Phi) is 7.23. The highest BCUT2D eigenvalue weighted by Gasteiger charge is 2.38. The molecule has 3 N–H and O–H groups in total. The number of amides is 2. The highest BCUT2D eigenvalue weighted by molar-refractivity contribution is 5.80. The van der Waals surface area contributed by atoms with E-state index in [-0.39, 0.29) is 11.8 Å². The Balaban J connectivity index is 1.60. The lowest BCUT2D eigenvalue weighted by atomic mass is 9.84. The highest BCUT2D eigenvalue weighted by atomic mass is 16.5. The number of nitrogens with one attached hydrogen (secondary N) is 2. The number of hydrogen-bond donors (Lipinski definition) is 3. The number of carbonyl (C=O) groups excluding carboxylic acids is 2. The maximum Gasteiger partial charge on any atom is 0.220 e. The second kappa shape index (κ2) is 9.69. The third-order valence-corrected chi connectivity index (χ3v) is 6.46. The van der Waals surface area contributed by atoms with Gasteiger partial charge in [-0.3, -0.25) is 9.59 Å². The van der Waals surface area contributed by atoms with Gasteiger partial charge >= 0.3 is 0 Å². The van der Waals surface area contributed by atoms with Crippen molar-refractivity contribution in [3.05, 3.63) is 23.8 Å². The number of benzene rings is 1. The molecular formula is C23H34N2O5. The first kappa shape index (κ1) is 22.4. The molecule has 7 heteroatoms. The number of hydrogen-bond acceptors (Lipinski definition) is 5. The quantitative estimate of drug-likeness (QED) is 0.573. The molecule has 0 spiro atoms. The fourth-order valence-corrected chi connectivity index (χ4v) is 4.65. The monoisotopic (exact) mass is 418 g/mol. The van der Waals surface area contributed by atoms with Crippen molar-refractivity contribution in [3.63, 3.8) is 0 Å². The van der Waals surface area contributed by atoms with E-state index < -0.39 is 11.1 Å². The summed E-state index contributed by atoms with van der Waals surface area (Å²) in [5.74, 6) is 1.24. The van der Waals surface area contributed by atoms with Gasteiger partial charge in [-0.2, -0.15) is 0 Å². The van der Waals surface area contributed by atoms with E-state index in [9.17, 15) is 14.7 Å². The molecule has 7 nitrogen and oxygen atoms in total. The van der Waals surface area contributed by atoms with Gasteiger partial charge in [0.1, 0.15) is 0 Å². The van der Waals surface area contributed by atoms with Crippen LogP contribution in [0, 0.1) is 0 Å². The van der Waals surface area contributed by atoms with E-state index in [1.807, 2.05) is 18.2 Å². The first-order valence-corrected chi connectivity index (χ1v) is 10.9. The Morgan fingerprint density at radius 2 is 1.87 bits per heavy atom. The van der Waals surface area contributed by atoms with Crippen LogP contribution in [0.1, 0.15) is 63.4 Å². The molecule has 1 aliphatic carbocycles. The van der Waals surface area contributed by atoms with Crippen LogP contribution in [0.5, 0.6) is 11.5 Å². The third kappa shape index (κ3) is 5.65. The summed E-state index contributed by atoms with van der Waals surface area (Å²) in [6.07, 6.45) is 7.29. The normalized spacial score (nSPS) is 23.0. The fourth-order valence-electron chi connectivity index (χ4n) is 4.65. The molecule has 3 rings (SSSR count). The van der Waals surface area contributed by atoms with Crippen molar-refractivity contribution in [3.8, 4) is 11.5 Å². The predicted octanol–water partition coefficient (Wildman–Crippen LogP) is 2.49. The van der Waals surface area contributed by atoms with Gasteiger partial charge in [0.2, 0.25) is 11.8 Å². The number of ether oxygens (including phenoxy) is 2. The lowest BCUT2D eigenvalue weighted by Gasteiger charge is -2.32. The third-order valence-electron chi connectivity index (χ3n) is 6.46. The van der Waals surface area contributed by atoms with Crippen LogP contribution < -0.4 is 20.1 Å². The summed E-state index contributed by atoms with van der Waals surface area (Å²) in [5.41, 5.74) is -0.199. The molecule has 1 unspecified atom stereocenters. The van der Waals surface area contributed by atoms with E-state index in [0.29, 0.717) is 50.1 Å². The van der Waals surface area contributed by atoms with Crippen molar-refractivity contribution >= 4 is 11.8 Å². The zero-order chi connectivity index (χ0) is 21.6. The van der Waals surface area contributed by atoms with E-state index in [1.54, 1.807) is 14.2 Å². The van der Waals surface area contributed by atoms with Crippen molar-refractivity contribution < 1.29 is 24.2 Å². The van der Waals surface area contributed by atoms with Crippen LogP contribution >= 0.6 is 0 Å². The Labute approximate surface area is 178 Å². The van der Waals surface area contributed by atoms with Gasteiger partial charge in [0.15, 0.2) is 11.5 Å². The molecule has 1 atom stereocenters. The molecule has 2 aliphatic rings. The summed E-state index contributed by atoms with van der Waals surface area (Å²) in [6, 6.07) is 5.74. The second-order valence-corrected chi connectivity index (χ2v) is 8.76. The molecule has 2 fully saturated rings. The summed E-state index contributed by atoms with van der Waals surface area (Å²) in [7, 11) is 3.19.